The normalized spacial score (nSPS) is 12.7. The molecule has 0 fully saturated rings. The predicted octanol–water partition coefficient (Wildman–Crippen LogP) is -1.58. The lowest BCUT2D eigenvalue weighted by atomic mass is 10.4. The summed E-state index contributed by atoms with van der Waals surface area (Å²) in [5.74, 6) is -0.521. The summed E-state index contributed by atoms with van der Waals surface area (Å²) in [6, 6.07) is 0. The van der Waals surface area contributed by atoms with Gasteiger partial charge in [-0.1, -0.05) is 0 Å². The van der Waals surface area contributed by atoms with Gasteiger partial charge in [-0.2, -0.15) is 0 Å². The molecule has 0 aliphatic heterocycles. The molecule has 0 aromatic heterocycles. The number of rotatable bonds is 4. The molecule has 0 radical (unpaired) electrons. The van der Waals surface area contributed by atoms with Crippen molar-refractivity contribution in [2.75, 3.05) is 20.4 Å². The summed E-state index contributed by atoms with van der Waals surface area (Å²) < 4.78 is 9.08. The Kier molecular flexibility index (Phi) is 4.82. The number of hydrogen-bond donors (Lipinski definition) is 2. The lowest BCUT2D eigenvalue weighted by molar-refractivity contribution is -0.154. The highest BCUT2D eigenvalue weighted by atomic mass is 16.6. The molecule has 1 atom stereocenters. The summed E-state index contributed by atoms with van der Waals surface area (Å²) in [5, 5.41) is 0. The highest BCUT2D eigenvalue weighted by molar-refractivity contribution is 5.74. The fourth-order valence-electron chi connectivity index (χ4n) is 0.464. The number of carbonyl (C=O) groups excluding carboxylic acids is 1. The van der Waals surface area contributed by atoms with Gasteiger partial charge in [0.1, 0.15) is 6.73 Å². The molecule has 0 rings (SSSR count). The number of nitrogens with two attached hydrogens (primary N) is 2. The van der Waals surface area contributed by atoms with Crippen LogP contribution in [0.1, 0.15) is 0 Å². The SMILES string of the molecule is COC(CN)C(=O)OCN. The lowest BCUT2D eigenvalue weighted by Gasteiger charge is -2.09. The van der Waals surface area contributed by atoms with Crippen molar-refractivity contribution in [3.05, 3.63) is 0 Å². The molecule has 0 aromatic carbocycles. The number of carbonyl (C=O) groups is 1. The van der Waals surface area contributed by atoms with Gasteiger partial charge >= 0.3 is 5.97 Å². The van der Waals surface area contributed by atoms with Gasteiger partial charge in [0, 0.05) is 13.7 Å². The number of esters is 1. The Morgan fingerprint density at radius 2 is 2.20 bits per heavy atom. The van der Waals surface area contributed by atoms with E-state index in [1.807, 2.05) is 0 Å². The molecule has 0 spiro atoms. The first-order valence-electron chi connectivity index (χ1n) is 2.85. The van der Waals surface area contributed by atoms with Crippen LogP contribution >= 0.6 is 0 Å². The van der Waals surface area contributed by atoms with E-state index in [2.05, 4.69) is 9.47 Å². The van der Waals surface area contributed by atoms with Gasteiger partial charge in [-0.25, -0.2) is 4.79 Å². The highest BCUT2D eigenvalue weighted by Crippen LogP contribution is 1.89. The van der Waals surface area contributed by atoms with Crippen LogP contribution in [-0.2, 0) is 14.3 Å². The predicted molar refractivity (Wildman–Crippen MR) is 35.0 cm³/mol. The average Bonchev–Trinajstić information content (AvgIpc) is 1.91. The third kappa shape index (κ3) is 2.77. The third-order valence-electron chi connectivity index (χ3n) is 0.987. The molecule has 4 N–H and O–H groups in total. The van der Waals surface area contributed by atoms with E-state index in [1.165, 1.54) is 7.11 Å². The maximum absolute atomic E-state index is 10.7. The van der Waals surface area contributed by atoms with E-state index in [9.17, 15) is 4.79 Å². The Morgan fingerprint density at radius 1 is 1.60 bits per heavy atom. The second kappa shape index (κ2) is 5.16. The van der Waals surface area contributed by atoms with Gasteiger partial charge in [0.05, 0.1) is 0 Å². The van der Waals surface area contributed by atoms with Gasteiger partial charge in [0.15, 0.2) is 6.10 Å². The molecule has 0 amide bonds. The summed E-state index contributed by atoms with van der Waals surface area (Å²) in [5.41, 5.74) is 10.1. The van der Waals surface area contributed by atoms with Crippen molar-refractivity contribution in [1.82, 2.24) is 0 Å². The Bertz CT molecular complexity index is 103. The Morgan fingerprint density at radius 3 is 2.50 bits per heavy atom. The Hall–Kier alpha value is -0.650. The van der Waals surface area contributed by atoms with Crippen LogP contribution in [0.25, 0.3) is 0 Å². The van der Waals surface area contributed by atoms with Gasteiger partial charge in [0.25, 0.3) is 0 Å². The van der Waals surface area contributed by atoms with E-state index in [4.69, 9.17) is 11.5 Å². The summed E-state index contributed by atoms with van der Waals surface area (Å²) in [6.45, 7) is -0.0337. The van der Waals surface area contributed by atoms with Crippen LogP contribution in [-0.4, -0.2) is 32.5 Å². The molecule has 10 heavy (non-hydrogen) atoms. The third-order valence-corrected chi connectivity index (χ3v) is 0.987. The zero-order valence-electron chi connectivity index (χ0n) is 5.87. The van der Waals surface area contributed by atoms with Crippen molar-refractivity contribution in [1.29, 1.82) is 0 Å². The fraction of sp³-hybridized carbons (Fsp3) is 0.800. The molecule has 0 saturated carbocycles. The van der Waals surface area contributed by atoms with Gasteiger partial charge in [-0.3, -0.25) is 5.73 Å². The van der Waals surface area contributed by atoms with Crippen molar-refractivity contribution in [3.8, 4) is 0 Å². The van der Waals surface area contributed by atoms with Crippen LogP contribution in [0.4, 0.5) is 0 Å². The molecule has 0 bridgehead atoms. The molecule has 1 unspecified atom stereocenters. The van der Waals surface area contributed by atoms with Crippen LogP contribution in [0, 0.1) is 0 Å². The minimum absolute atomic E-state index is 0.106. The molecular formula is C5H12N2O3. The van der Waals surface area contributed by atoms with Crippen LogP contribution < -0.4 is 11.5 Å². The van der Waals surface area contributed by atoms with Crippen LogP contribution in [0.3, 0.4) is 0 Å². The lowest BCUT2D eigenvalue weighted by Crippen LogP contribution is -2.34. The second-order valence-corrected chi connectivity index (χ2v) is 1.59. The first kappa shape index (κ1) is 9.35. The minimum Gasteiger partial charge on any atom is -0.448 e. The highest BCUT2D eigenvalue weighted by Gasteiger charge is 2.15. The van der Waals surface area contributed by atoms with Crippen molar-refractivity contribution in [2.24, 2.45) is 11.5 Å². The van der Waals surface area contributed by atoms with Crippen molar-refractivity contribution >= 4 is 5.97 Å². The first-order valence-corrected chi connectivity index (χ1v) is 2.85. The largest absolute Gasteiger partial charge is 0.448 e. The maximum atomic E-state index is 10.7. The summed E-state index contributed by atoms with van der Waals surface area (Å²) in [6.07, 6.45) is -0.691. The summed E-state index contributed by atoms with van der Waals surface area (Å²) in [7, 11) is 1.38. The van der Waals surface area contributed by atoms with Gasteiger partial charge in [0.2, 0.25) is 0 Å². The van der Waals surface area contributed by atoms with E-state index in [1.54, 1.807) is 0 Å². The van der Waals surface area contributed by atoms with Crippen molar-refractivity contribution < 1.29 is 14.3 Å². The molecule has 0 aliphatic rings. The molecule has 0 saturated heterocycles. The number of hydrogen-bond acceptors (Lipinski definition) is 5. The van der Waals surface area contributed by atoms with Crippen LogP contribution in [0.5, 0.6) is 0 Å². The zero-order chi connectivity index (χ0) is 7.98. The van der Waals surface area contributed by atoms with Gasteiger partial charge in [-0.15, -0.1) is 0 Å². The first-order chi connectivity index (χ1) is 4.76. The topological polar surface area (TPSA) is 87.6 Å². The van der Waals surface area contributed by atoms with E-state index < -0.39 is 12.1 Å². The Labute approximate surface area is 59.3 Å². The van der Waals surface area contributed by atoms with Gasteiger partial charge < -0.3 is 15.2 Å². The van der Waals surface area contributed by atoms with Crippen molar-refractivity contribution in [3.63, 3.8) is 0 Å². The number of ether oxygens (including phenoxy) is 2. The number of methoxy groups -OCH3 is 1. The maximum Gasteiger partial charge on any atom is 0.337 e. The molecular weight excluding hydrogens is 136 g/mol. The molecule has 5 nitrogen and oxygen atoms in total. The van der Waals surface area contributed by atoms with Crippen molar-refractivity contribution in [2.45, 2.75) is 6.10 Å². The van der Waals surface area contributed by atoms with Gasteiger partial charge in [-0.05, 0) is 0 Å². The average molecular weight is 148 g/mol. The molecule has 60 valence electrons. The minimum atomic E-state index is -0.691. The standard InChI is InChI=1S/C5H12N2O3/c1-9-4(2-6)5(8)10-3-7/h4H,2-3,6-7H2,1H3. The monoisotopic (exact) mass is 148 g/mol. The van der Waals surface area contributed by atoms with E-state index in [0.717, 1.165) is 0 Å². The van der Waals surface area contributed by atoms with E-state index >= 15 is 0 Å². The van der Waals surface area contributed by atoms with Crippen LogP contribution in [0.15, 0.2) is 0 Å². The molecule has 0 heterocycles. The quantitative estimate of drug-likeness (QED) is 0.371. The molecule has 0 aromatic rings. The fourth-order valence-corrected chi connectivity index (χ4v) is 0.464. The Balaban J connectivity index is 3.65. The zero-order valence-corrected chi connectivity index (χ0v) is 5.87. The molecule has 0 aliphatic carbocycles. The smallest absolute Gasteiger partial charge is 0.337 e. The summed E-state index contributed by atoms with van der Waals surface area (Å²) >= 11 is 0. The second-order valence-electron chi connectivity index (χ2n) is 1.59. The van der Waals surface area contributed by atoms with E-state index in [-0.39, 0.29) is 13.3 Å². The van der Waals surface area contributed by atoms with Crippen LogP contribution in [0.2, 0.25) is 0 Å². The molecule has 5 heteroatoms. The van der Waals surface area contributed by atoms with E-state index in [0.29, 0.717) is 0 Å². The summed E-state index contributed by atoms with van der Waals surface area (Å²) in [4.78, 5) is 10.7.